The molecule has 3 aliphatic rings. The van der Waals surface area contributed by atoms with Crippen molar-refractivity contribution in [2.75, 3.05) is 11.9 Å². The summed E-state index contributed by atoms with van der Waals surface area (Å²) in [5.41, 5.74) is 7.56. The molecule has 1 saturated heterocycles. The Balaban J connectivity index is 1.55. The summed E-state index contributed by atoms with van der Waals surface area (Å²) in [6.07, 6.45) is 2.47. The Morgan fingerprint density at radius 1 is 1.08 bits per heavy atom. The smallest absolute Gasteiger partial charge is 0.0457 e. The lowest BCUT2D eigenvalue weighted by Crippen LogP contribution is -2.62. The van der Waals surface area contributed by atoms with Gasteiger partial charge in [0.15, 0.2) is 0 Å². The number of rotatable bonds is 0. The van der Waals surface area contributed by atoms with E-state index in [4.69, 9.17) is 0 Å². The molecule has 3 atom stereocenters. The molecule has 2 aromatic carbocycles. The Kier molecular flexibility index (Phi) is 3.31. The second-order valence-corrected chi connectivity index (χ2v) is 8.85. The molecule has 0 saturated carbocycles. The van der Waals surface area contributed by atoms with E-state index in [-0.39, 0.29) is 5.41 Å². The highest BCUT2D eigenvalue weighted by atomic mass is 15.2. The van der Waals surface area contributed by atoms with Crippen LogP contribution in [0.3, 0.4) is 0 Å². The van der Waals surface area contributed by atoms with Gasteiger partial charge in [-0.25, -0.2) is 0 Å². The van der Waals surface area contributed by atoms with Gasteiger partial charge >= 0.3 is 0 Å². The highest BCUT2D eigenvalue weighted by Crippen LogP contribution is 2.49. The maximum Gasteiger partial charge on any atom is 0.0457 e. The van der Waals surface area contributed by atoms with Crippen molar-refractivity contribution in [2.24, 2.45) is 5.92 Å². The molecule has 25 heavy (non-hydrogen) atoms. The summed E-state index contributed by atoms with van der Waals surface area (Å²) >= 11 is 0. The molecular formula is C23H28N2. The van der Waals surface area contributed by atoms with Gasteiger partial charge in [0.2, 0.25) is 0 Å². The molecule has 0 aromatic heterocycles. The van der Waals surface area contributed by atoms with Crippen LogP contribution in [-0.2, 0) is 18.4 Å². The third-order valence-electron chi connectivity index (χ3n) is 7.08. The summed E-state index contributed by atoms with van der Waals surface area (Å²) in [4.78, 5) is 2.73. The molecule has 2 heteroatoms. The first kappa shape index (κ1) is 15.5. The maximum atomic E-state index is 3.97. The summed E-state index contributed by atoms with van der Waals surface area (Å²) in [6.45, 7) is 9.49. The minimum Gasteiger partial charge on any atom is -0.380 e. The predicted octanol–water partition coefficient (Wildman–Crippen LogP) is 4.51. The van der Waals surface area contributed by atoms with E-state index in [2.05, 4.69) is 73.5 Å². The first-order chi connectivity index (χ1) is 12.0. The molecule has 0 radical (unpaired) electrons. The predicted molar refractivity (Wildman–Crippen MR) is 104 cm³/mol. The molecule has 5 rings (SSSR count). The Bertz CT molecular complexity index is 823. The highest BCUT2D eigenvalue weighted by Gasteiger charge is 2.49. The van der Waals surface area contributed by atoms with Crippen molar-refractivity contribution in [3.8, 4) is 0 Å². The molecule has 0 bridgehead atoms. The summed E-state index contributed by atoms with van der Waals surface area (Å²) in [5, 5.41) is 3.97. The second-order valence-electron chi connectivity index (χ2n) is 8.85. The fourth-order valence-corrected chi connectivity index (χ4v) is 5.66. The molecular weight excluding hydrogens is 304 g/mol. The van der Waals surface area contributed by atoms with Crippen LogP contribution in [0.25, 0.3) is 0 Å². The standard InChI is InChI=1S/C23H28N2/c1-15-8-9-20-19(12-15)23(2,3)18-10-11-25-14-17-7-5-4-6-16(17)13-21(25)22(18)24-20/h4-9,12,18,21-22,24H,10-11,13-14H2,1-3H3/t18-,21-,22-/m0/s1. The van der Waals surface area contributed by atoms with Crippen molar-refractivity contribution in [1.82, 2.24) is 4.90 Å². The monoisotopic (exact) mass is 332 g/mol. The molecule has 2 aromatic rings. The van der Waals surface area contributed by atoms with Gasteiger partial charge < -0.3 is 5.32 Å². The van der Waals surface area contributed by atoms with Crippen molar-refractivity contribution in [3.05, 3.63) is 64.7 Å². The number of hydrogen-bond acceptors (Lipinski definition) is 2. The Labute approximate surface area is 151 Å². The van der Waals surface area contributed by atoms with Crippen LogP contribution in [0.4, 0.5) is 5.69 Å². The van der Waals surface area contributed by atoms with Crippen molar-refractivity contribution >= 4 is 5.69 Å². The molecule has 2 nitrogen and oxygen atoms in total. The van der Waals surface area contributed by atoms with Gasteiger partial charge in [0.25, 0.3) is 0 Å². The van der Waals surface area contributed by atoms with E-state index in [0.29, 0.717) is 18.0 Å². The van der Waals surface area contributed by atoms with Gasteiger partial charge in [0, 0.05) is 24.3 Å². The van der Waals surface area contributed by atoms with Gasteiger partial charge in [-0.2, -0.15) is 0 Å². The van der Waals surface area contributed by atoms with Crippen LogP contribution in [0, 0.1) is 12.8 Å². The van der Waals surface area contributed by atoms with Crippen LogP contribution in [0.1, 0.15) is 42.5 Å². The number of hydrogen-bond donors (Lipinski definition) is 1. The first-order valence-electron chi connectivity index (χ1n) is 9.72. The summed E-state index contributed by atoms with van der Waals surface area (Å²) < 4.78 is 0. The van der Waals surface area contributed by atoms with Crippen LogP contribution in [0.5, 0.6) is 0 Å². The fraction of sp³-hybridized carbons (Fsp3) is 0.478. The van der Waals surface area contributed by atoms with E-state index in [1.54, 1.807) is 5.56 Å². The van der Waals surface area contributed by atoms with Gasteiger partial charge in [-0.05, 0) is 60.4 Å². The summed E-state index contributed by atoms with van der Waals surface area (Å²) in [7, 11) is 0. The molecule has 0 aliphatic carbocycles. The zero-order valence-electron chi connectivity index (χ0n) is 15.5. The molecule has 3 aliphatic heterocycles. The number of anilines is 1. The minimum atomic E-state index is 0.236. The lowest BCUT2D eigenvalue weighted by molar-refractivity contribution is 0.0493. The highest BCUT2D eigenvalue weighted by molar-refractivity contribution is 5.60. The average Bonchev–Trinajstić information content (AvgIpc) is 2.61. The lowest BCUT2D eigenvalue weighted by Gasteiger charge is -2.56. The van der Waals surface area contributed by atoms with Gasteiger partial charge in [-0.15, -0.1) is 0 Å². The zero-order chi connectivity index (χ0) is 17.2. The topological polar surface area (TPSA) is 15.3 Å². The average molecular weight is 332 g/mol. The van der Waals surface area contributed by atoms with Gasteiger partial charge in [0.05, 0.1) is 0 Å². The molecule has 0 amide bonds. The number of nitrogens with one attached hydrogen (secondary N) is 1. The SMILES string of the molecule is Cc1ccc2c(c1)C(C)(C)[C@H]1CCN3Cc4ccccc4C[C@H]3[C@H]1N2. The maximum absolute atomic E-state index is 3.97. The third kappa shape index (κ3) is 2.27. The molecule has 3 heterocycles. The Hall–Kier alpha value is -1.80. The quantitative estimate of drug-likeness (QED) is 0.763. The van der Waals surface area contributed by atoms with Crippen LogP contribution in [-0.4, -0.2) is 23.5 Å². The fourth-order valence-electron chi connectivity index (χ4n) is 5.66. The van der Waals surface area contributed by atoms with Crippen LogP contribution in [0.15, 0.2) is 42.5 Å². The normalized spacial score (nSPS) is 29.6. The Morgan fingerprint density at radius 2 is 1.88 bits per heavy atom. The van der Waals surface area contributed by atoms with E-state index < -0.39 is 0 Å². The van der Waals surface area contributed by atoms with Crippen molar-refractivity contribution in [3.63, 3.8) is 0 Å². The number of piperidine rings is 1. The summed E-state index contributed by atoms with van der Waals surface area (Å²) in [5.74, 6) is 0.702. The summed E-state index contributed by atoms with van der Waals surface area (Å²) in [6, 6.07) is 17.2. The zero-order valence-corrected chi connectivity index (χ0v) is 15.5. The van der Waals surface area contributed by atoms with Crippen LogP contribution < -0.4 is 5.32 Å². The molecule has 0 unspecified atom stereocenters. The number of aryl methyl sites for hydroxylation is 1. The van der Waals surface area contributed by atoms with Gasteiger partial charge in [0.1, 0.15) is 0 Å². The van der Waals surface area contributed by atoms with Crippen molar-refractivity contribution in [1.29, 1.82) is 0 Å². The second kappa shape index (κ2) is 5.35. The molecule has 130 valence electrons. The Morgan fingerprint density at radius 3 is 2.72 bits per heavy atom. The largest absolute Gasteiger partial charge is 0.380 e. The van der Waals surface area contributed by atoms with Crippen LogP contribution in [0.2, 0.25) is 0 Å². The van der Waals surface area contributed by atoms with E-state index in [0.717, 1.165) is 6.54 Å². The minimum absolute atomic E-state index is 0.236. The lowest BCUT2D eigenvalue weighted by atomic mass is 9.62. The van der Waals surface area contributed by atoms with E-state index >= 15 is 0 Å². The first-order valence-corrected chi connectivity index (χ1v) is 9.72. The van der Waals surface area contributed by atoms with Gasteiger partial charge in [-0.1, -0.05) is 55.8 Å². The molecule has 1 fully saturated rings. The molecule has 0 spiro atoms. The number of fused-ring (bicyclic) bond motifs is 5. The number of nitrogens with zero attached hydrogens (tertiary/aromatic N) is 1. The molecule has 1 N–H and O–H groups in total. The third-order valence-corrected chi connectivity index (χ3v) is 7.08. The van der Waals surface area contributed by atoms with E-state index in [9.17, 15) is 0 Å². The van der Waals surface area contributed by atoms with Crippen molar-refractivity contribution in [2.45, 2.75) is 57.7 Å². The van der Waals surface area contributed by atoms with E-state index in [1.807, 2.05) is 0 Å². The number of benzene rings is 2. The van der Waals surface area contributed by atoms with Crippen LogP contribution >= 0.6 is 0 Å². The van der Waals surface area contributed by atoms with Crippen molar-refractivity contribution < 1.29 is 0 Å². The van der Waals surface area contributed by atoms with E-state index in [1.165, 1.54) is 41.8 Å². The van der Waals surface area contributed by atoms with Gasteiger partial charge in [-0.3, -0.25) is 4.90 Å².